The molecule has 2 aromatic carbocycles. The molecule has 0 bridgehead atoms. The smallest absolute Gasteiger partial charge is 0.305 e. The lowest BCUT2D eigenvalue weighted by Crippen LogP contribution is -2.57. The first-order valence-corrected chi connectivity index (χ1v) is 13.6. The molecule has 14 nitrogen and oxygen atoms in total. The minimum Gasteiger partial charge on any atom is -0.481 e. The number of carbonyl (C=O) groups excluding carboxylic acids is 4. The van der Waals surface area contributed by atoms with Gasteiger partial charge in [-0.15, -0.1) is 0 Å². The Labute approximate surface area is 253 Å². The third kappa shape index (κ3) is 13.9. The summed E-state index contributed by atoms with van der Waals surface area (Å²) in [6, 6.07) is 17.5. The van der Waals surface area contributed by atoms with Crippen LogP contribution in [0.4, 0.5) is 0 Å². The predicted molar refractivity (Wildman–Crippen MR) is 152 cm³/mol. The number of carboxylic acids is 2. The Bertz CT molecular complexity index is 1160. The van der Waals surface area contributed by atoms with E-state index in [1.165, 1.54) is 0 Å². The Morgan fingerprint density at radius 2 is 0.955 bits per heavy atom. The number of benzene rings is 2. The fourth-order valence-electron chi connectivity index (χ4n) is 3.88. The van der Waals surface area contributed by atoms with Crippen LogP contribution in [0, 0.1) is 0 Å². The number of carboxylic acid groups (broad SMARTS) is 2. The van der Waals surface area contributed by atoms with E-state index in [0.29, 0.717) is 11.1 Å². The molecule has 238 valence electrons. The van der Waals surface area contributed by atoms with Crippen LogP contribution in [0.15, 0.2) is 60.7 Å². The summed E-state index contributed by atoms with van der Waals surface area (Å²) in [4.78, 5) is 73.0. The Morgan fingerprint density at radius 3 is 1.25 bits per heavy atom. The molecule has 0 aliphatic rings. The first kappa shape index (κ1) is 35.4. The second-order valence-electron chi connectivity index (χ2n) is 9.46. The zero-order valence-electron chi connectivity index (χ0n) is 24.3. The van der Waals surface area contributed by atoms with Crippen molar-refractivity contribution in [2.45, 2.75) is 64.2 Å². The monoisotopic (exact) mass is 616 g/mol. The summed E-state index contributed by atoms with van der Waals surface area (Å²) in [6.45, 7) is 1.43. The van der Waals surface area contributed by atoms with E-state index in [0.717, 1.165) is 13.8 Å². The van der Waals surface area contributed by atoms with E-state index in [1.807, 2.05) is 0 Å². The number of hydrogen-bond acceptors (Lipinski definition) is 10. The van der Waals surface area contributed by atoms with E-state index in [1.54, 1.807) is 60.7 Å². The van der Waals surface area contributed by atoms with Crippen molar-refractivity contribution >= 4 is 35.7 Å². The number of nitrogens with one attached hydrogen (secondary N) is 2. The van der Waals surface area contributed by atoms with Crippen molar-refractivity contribution in [3.8, 4) is 0 Å². The van der Waals surface area contributed by atoms with Crippen LogP contribution in [0.25, 0.3) is 0 Å². The molecule has 0 saturated carbocycles. The van der Waals surface area contributed by atoms with Crippen LogP contribution in [0.2, 0.25) is 0 Å². The second kappa shape index (κ2) is 18.7. The van der Waals surface area contributed by atoms with Gasteiger partial charge in [0.15, 0.2) is 0 Å². The molecule has 44 heavy (non-hydrogen) atoms. The van der Waals surface area contributed by atoms with Crippen molar-refractivity contribution in [2.75, 3.05) is 13.2 Å². The molecule has 2 aromatic rings. The molecular weight excluding hydrogens is 580 g/mol. The van der Waals surface area contributed by atoms with Gasteiger partial charge in [-0.3, -0.25) is 28.8 Å². The molecule has 0 spiro atoms. The molecule has 0 aromatic heterocycles. The number of hydrogen-bond donors (Lipinski definition) is 4. The quantitative estimate of drug-likeness (QED) is 0.130. The summed E-state index contributed by atoms with van der Waals surface area (Å²) in [5.74, 6) is -6.33. The lowest BCUT2D eigenvalue weighted by atomic mass is 10.1. The summed E-state index contributed by atoms with van der Waals surface area (Å²) < 4.78 is 21.4. The Kier molecular flexibility index (Phi) is 15.0. The normalized spacial score (nSPS) is 13.4. The van der Waals surface area contributed by atoms with Gasteiger partial charge in [0, 0.05) is 26.7 Å². The topological polar surface area (TPSA) is 204 Å². The number of amides is 2. The number of rotatable bonds is 19. The van der Waals surface area contributed by atoms with Crippen molar-refractivity contribution in [3.63, 3.8) is 0 Å². The minimum absolute atomic E-state index is 0.0833. The van der Waals surface area contributed by atoms with Crippen LogP contribution in [0.5, 0.6) is 0 Å². The van der Waals surface area contributed by atoms with Gasteiger partial charge in [0.05, 0.1) is 26.1 Å². The van der Waals surface area contributed by atoms with Gasteiger partial charge in [0.25, 0.3) is 11.8 Å². The van der Waals surface area contributed by atoms with E-state index >= 15 is 0 Å². The van der Waals surface area contributed by atoms with E-state index < -0.39 is 60.4 Å². The maximum Gasteiger partial charge on any atom is 0.305 e. The molecule has 2 unspecified atom stereocenters. The number of carbonyl (C=O) groups is 6. The third-order valence-electron chi connectivity index (χ3n) is 5.78. The SMILES string of the molecule is CC(=O)O[C@H](C(=O)NC(Cc1ccccc1)OCCC(=O)O)[C@H](OC(C)=O)C(=O)NC(Cc1ccccc1)OCCC(=O)O. The molecule has 0 saturated heterocycles. The van der Waals surface area contributed by atoms with Crippen LogP contribution >= 0.6 is 0 Å². The molecule has 0 fully saturated rings. The summed E-state index contributed by atoms with van der Waals surface area (Å²) in [5, 5.41) is 23.0. The van der Waals surface area contributed by atoms with Crippen LogP contribution in [-0.4, -0.2) is 83.8 Å². The zero-order chi connectivity index (χ0) is 32.5. The van der Waals surface area contributed by atoms with Crippen LogP contribution in [-0.2, 0) is 60.6 Å². The molecule has 4 atom stereocenters. The maximum absolute atomic E-state index is 13.5. The van der Waals surface area contributed by atoms with Gasteiger partial charge >= 0.3 is 23.9 Å². The lowest BCUT2D eigenvalue weighted by Gasteiger charge is -2.28. The Balaban J connectivity index is 2.32. The number of esters is 2. The molecule has 0 aliphatic carbocycles. The van der Waals surface area contributed by atoms with Crippen molar-refractivity contribution in [2.24, 2.45) is 0 Å². The molecular formula is C30H36N2O12. The van der Waals surface area contributed by atoms with Crippen LogP contribution in [0.3, 0.4) is 0 Å². The second-order valence-corrected chi connectivity index (χ2v) is 9.46. The van der Waals surface area contributed by atoms with Crippen molar-refractivity contribution < 1.29 is 57.9 Å². The summed E-state index contributed by atoms with van der Waals surface area (Å²) in [6.07, 6.45) is -6.78. The lowest BCUT2D eigenvalue weighted by molar-refractivity contribution is -0.176. The Morgan fingerprint density at radius 1 is 0.614 bits per heavy atom. The van der Waals surface area contributed by atoms with Crippen LogP contribution < -0.4 is 10.6 Å². The first-order chi connectivity index (χ1) is 20.9. The van der Waals surface area contributed by atoms with Gasteiger partial charge < -0.3 is 39.8 Å². The highest BCUT2D eigenvalue weighted by Crippen LogP contribution is 2.13. The number of ether oxygens (including phenoxy) is 4. The standard InChI is InChI=1S/C30H36N2O12/c1-19(33)43-27(29(39)31-23(41-15-13-25(35)36)17-21-9-5-3-6-10-21)28(44-20(2)34)30(40)32-24(42-16-14-26(37)38)18-22-11-7-4-8-12-22/h3-12,23-24,27-28H,13-18H2,1-2H3,(H,31,39)(H,32,40)(H,35,36)(H,37,38)/t23?,24?,27-,28-/m0/s1. The van der Waals surface area contributed by atoms with E-state index in [4.69, 9.17) is 29.2 Å². The van der Waals surface area contributed by atoms with Gasteiger partial charge in [-0.1, -0.05) is 60.7 Å². The van der Waals surface area contributed by atoms with E-state index in [9.17, 15) is 28.8 Å². The largest absolute Gasteiger partial charge is 0.481 e. The highest BCUT2D eigenvalue weighted by molar-refractivity contribution is 5.93. The average molecular weight is 617 g/mol. The van der Waals surface area contributed by atoms with E-state index in [-0.39, 0.29) is 38.9 Å². The molecule has 2 amide bonds. The molecule has 0 heterocycles. The number of aliphatic carboxylic acids is 2. The summed E-state index contributed by atoms with van der Waals surface area (Å²) in [5.41, 5.74) is 1.43. The van der Waals surface area contributed by atoms with Gasteiger partial charge in [-0.25, -0.2) is 0 Å². The summed E-state index contributed by atoms with van der Waals surface area (Å²) >= 11 is 0. The van der Waals surface area contributed by atoms with Crippen molar-refractivity contribution in [3.05, 3.63) is 71.8 Å². The van der Waals surface area contributed by atoms with Crippen molar-refractivity contribution in [1.82, 2.24) is 10.6 Å². The molecule has 4 N–H and O–H groups in total. The fraction of sp³-hybridized carbons (Fsp3) is 0.400. The van der Waals surface area contributed by atoms with Gasteiger partial charge in [0.1, 0.15) is 12.5 Å². The van der Waals surface area contributed by atoms with E-state index in [2.05, 4.69) is 10.6 Å². The highest BCUT2D eigenvalue weighted by atomic mass is 16.6. The molecule has 2 rings (SSSR count). The fourth-order valence-corrected chi connectivity index (χ4v) is 3.88. The summed E-state index contributed by atoms with van der Waals surface area (Å²) in [7, 11) is 0. The molecule has 14 heteroatoms. The third-order valence-corrected chi connectivity index (χ3v) is 5.78. The van der Waals surface area contributed by atoms with Gasteiger partial charge in [0.2, 0.25) is 12.2 Å². The zero-order valence-corrected chi connectivity index (χ0v) is 24.3. The predicted octanol–water partition coefficient (Wildman–Crippen LogP) is 1.20. The van der Waals surface area contributed by atoms with Gasteiger partial charge in [-0.05, 0) is 11.1 Å². The van der Waals surface area contributed by atoms with Crippen LogP contribution in [0.1, 0.15) is 37.8 Å². The maximum atomic E-state index is 13.5. The minimum atomic E-state index is -1.99. The average Bonchev–Trinajstić information content (AvgIpc) is 2.95. The molecule has 0 radical (unpaired) electrons. The highest BCUT2D eigenvalue weighted by Gasteiger charge is 2.41. The van der Waals surface area contributed by atoms with Gasteiger partial charge in [-0.2, -0.15) is 0 Å². The molecule has 0 aliphatic heterocycles. The first-order valence-electron chi connectivity index (χ1n) is 13.6. The van der Waals surface area contributed by atoms with Crippen molar-refractivity contribution in [1.29, 1.82) is 0 Å². The Hall–Kier alpha value is -4.82.